The Bertz CT molecular complexity index is 354. The van der Waals surface area contributed by atoms with Gasteiger partial charge in [0.05, 0.1) is 6.42 Å². The van der Waals surface area contributed by atoms with E-state index in [0.717, 1.165) is 25.9 Å². The van der Waals surface area contributed by atoms with Gasteiger partial charge in [0.2, 0.25) is 5.91 Å². The highest BCUT2D eigenvalue weighted by molar-refractivity contribution is 5.79. The molecule has 3 amide bonds. The number of amides is 3. The molecule has 0 spiro atoms. The minimum atomic E-state index is -0.943. The number of hydrogen-bond acceptors (Lipinski definition) is 3. The predicted molar refractivity (Wildman–Crippen MR) is 73.3 cm³/mol. The average Bonchev–Trinajstić information content (AvgIpc) is 2.91. The van der Waals surface area contributed by atoms with Crippen LogP contribution in [-0.4, -0.2) is 53.6 Å². The Morgan fingerprint density at radius 1 is 1.25 bits per heavy atom. The number of carbonyl (C=O) groups is 3. The lowest BCUT2D eigenvalue weighted by Crippen LogP contribution is -2.43. The summed E-state index contributed by atoms with van der Waals surface area (Å²) in [4.78, 5) is 35.7. The highest BCUT2D eigenvalue weighted by Gasteiger charge is 2.18. The normalized spacial score (nSPS) is 15.8. The van der Waals surface area contributed by atoms with Crippen molar-refractivity contribution in [2.45, 2.75) is 45.1 Å². The maximum Gasteiger partial charge on any atom is 0.315 e. The van der Waals surface area contributed by atoms with Crippen LogP contribution in [0.4, 0.5) is 4.79 Å². The molecule has 0 aliphatic carbocycles. The van der Waals surface area contributed by atoms with Crippen molar-refractivity contribution in [2.75, 3.05) is 19.6 Å². The summed E-state index contributed by atoms with van der Waals surface area (Å²) in [6.07, 6.45) is 2.83. The predicted octanol–water partition coefficient (Wildman–Crippen LogP) is 0.551. The van der Waals surface area contributed by atoms with Gasteiger partial charge in [-0.25, -0.2) is 4.79 Å². The van der Waals surface area contributed by atoms with Crippen LogP contribution in [0.5, 0.6) is 0 Å². The van der Waals surface area contributed by atoms with E-state index < -0.39 is 12.0 Å². The molecule has 1 unspecified atom stereocenters. The van der Waals surface area contributed by atoms with Crippen LogP contribution in [0.3, 0.4) is 0 Å². The Hall–Kier alpha value is -1.79. The zero-order valence-electron chi connectivity index (χ0n) is 11.9. The molecule has 1 rings (SSSR count). The van der Waals surface area contributed by atoms with Gasteiger partial charge in [0.15, 0.2) is 0 Å². The Kier molecular flexibility index (Phi) is 6.83. The lowest BCUT2D eigenvalue weighted by molar-refractivity contribution is -0.137. The fraction of sp³-hybridized carbons (Fsp3) is 0.769. The zero-order chi connectivity index (χ0) is 15.0. The third-order valence-electron chi connectivity index (χ3n) is 3.33. The summed E-state index contributed by atoms with van der Waals surface area (Å²) in [6, 6.07) is -0.811. The van der Waals surface area contributed by atoms with Gasteiger partial charge in [0.1, 0.15) is 0 Å². The van der Waals surface area contributed by atoms with E-state index in [2.05, 4.69) is 10.6 Å². The van der Waals surface area contributed by atoms with Gasteiger partial charge >= 0.3 is 12.0 Å². The van der Waals surface area contributed by atoms with E-state index in [9.17, 15) is 14.4 Å². The molecule has 1 aliphatic heterocycles. The highest BCUT2D eigenvalue weighted by Crippen LogP contribution is 2.08. The standard InChI is InChI=1S/C13H23N3O4/c1-2-10(9-12(18)19)15-13(20)14-6-5-11(17)16-7-3-4-8-16/h10H,2-9H2,1H3,(H,18,19)(H2,14,15,20). The molecule has 7 nitrogen and oxygen atoms in total. The molecular formula is C13H23N3O4. The van der Waals surface area contributed by atoms with Crippen LogP contribution in [0, 0.1) is 0 Å². The fourth-order valence-electron chi connectivity index (χ4n) is 2.15. The van der Waals surface area contributed by atoms with Gasteiger partial charge in [-0.3, -0.25) is 9.59 Å². The van der Waals surface area contributed by atoms with Gasteiger partial charge in [-0.2, -0.15) is 0 Å². The largest absolute Gasteiger partial charge is 0.481 e. The van der Waals surface area contributed by atoms with Crippen molar-refractivity contribution in [1.82, 2.24) is 15.5 Å². The molecule has 7 heteroatoms. The smallest absolute Gasteiger partial charge is 0.315 e. The van der Waals surface area contributed by atoms with E-state index in [1.54, 1.807) is 4.90 Å². The maximum absolute atomic E-state index is 11.7. The van der Waals surface area contributed by atoms with Crippen molar-refractivity contribution in [2.24, 2.45) is 0 Å². The number of carbonyl (C=O) groups excluding carboxylic acids is 2. The molecule has 0 aromatic rings. The minimum Gasteiger partial charge on any atom is -0.481 e. The summed E-state index contributed by atoms with van der Waals surface area (Å²) in [5, 5.41) is 13.8. The van der Waals surface area contributed by atoms with E-state index in [1.165, 1.54) is 0 Å². The summed E-state index contributed by atoms with van der Waals surface area (Å²) >= 11 is 0. The van der Waals surface area contributed by atoms with E-state index >= 15 is 0 Å². The zero-order valence-corrected chi connectivity index (χ0v) is 11.9. The SMILES string of the molecule is CCC(CC(=O)O)NC(=O)NCCC(=O)N1CCCC1. The maximum atomic E-state index is 11.7. The topological polar surface area (TPSA) is 98.7 Å². The Morgan fingerprint density at radius 3 is 2.45 bits per heavy atom. The van der Waals surface area contributed by atoms with Gasteiger partial charge in [-0.1, -0.05) is 6.92 Å². The van der Waals surface area contributed by atoms with Gasteiger partial charge in [-0.15, -0.1) is 0 Å². The summed E-state index contributed by atoms with van der Waals surface area (Å²) in [7, 11) is 0. The molecule has 0 saturated carbocycles. The molecule has 0 bridgehead atoms. The Labute approximate surface area is 118 Å². The van der Waals surface area contributed by atoms with Crippen molar-refractivity contribution in [3.63, 3.8) is 0 Å². The molecule has 1 saturated heterocycles. The van der Waals surface area contributed by atoms with Crippen LogP contribution in [-0.2, 0) is 9.59 Å². The van der Waals surface area contributed by atoms with E-state index in [0.29, 0.717) is 6.42 Å². The molecular weight excluding hydrogens is 262 g/mol. The summed E-state index contributed by atoms with van der Waals surface area (Å²) in [5.74, 6) is -0.887. The molecule has 20 heavy (non-hydrogen) atoms. The summed E-state index contributed by atoms with van der Waals surface area (Å²) < 4.78 is 0. The summed E-state index contributed by atoms with van der Waals surface area (Å²) in [6.45, 7) is 3.69. The van der Waals surface area contributed by atoms with Gasteiger partial charge < -0.3 is 20.6 Å². The first-order valence-electron chi connectivity index (χ1n) is 7.06. The molecule has 0 aromatic heterocycles. The molecule has 0 aromatic carbocycles. The van der Waals surface area contributed by atoms with Crippen LogP contribution in [0.1, 0.15) is 39.0 Å². The second-order valence-corrected chi connectivity index (χ2v) is 4.94. The number of likely N-dealkylation sites (tertiary alicyclic amines) is 1. The van der Waals surface area contributed by atoms with E-state index in [1.807, 2.05) is 6.92 Å². The average molecular weight is 285 g/mol. The first-order chi connectivity index (χ1) is 9.52. The second kappa shape index (κ2) is 8.39. The fourth-order valence-corrected chi connectivity index (χ4v) is 2.15. The number of rotatable bonds is 7. The number of aliphatic carboxylic acids is 1. The lowest BCUT2D eigenvalue weighted by Gasteiger charge is -2.17. The molecule has 0 radical (unpaired) electrons. The van der Waals surface area contributed by atoms with Crippen LogP contribution in [0.25, 0.3) is 0 Å². The Balaban J connectivity index is 2.18. The molecule has 1 fully saturated rings. The van der Waals surface area contributed by atoms with Gasteiger partial charge in [0.25, 0.3) is 0 Å². The van der Waals surface area contributed by atoms with E-state index in [4.69, 9.17) is 5.11 Å². The van der Waals surface area contributed by atoms with Crippen molar-refractivity contribution >= 4 is 17.9 Å². The van der Waals surface area contributed by atoms with Crippen LogP contribution < -0.4 is 10.6 Å². The van der Waals surface area contributed by atoms with Crippen molar-refractivity contribution in [3.8, 4) is 0 Å². The number of carboxylic acid groups (broad SMARTS) is 1. The third-order valence-corrected chi connectivity index (χ3v) is 3.33. The minimum absolute atomic E-state index is 0.0559. The van der Waals surface area contributed by atoms with Crippen molar-refractivity contribution < 1.29 is 19.5 Å². The Morgan fingerprint density at radius 2 is 1.90 bits per heavy atom. The van der Waals surface area contributed by atoms with Gasteiger partial charge in [-0.05, 0) is 19.3 Å². The van der Waals surface area contributed by atoms with Crippen LogP contribution in [0.15, 0.2) is 0 Å². The number of nitrogens with zero attached hydrogens (tertiary/aromatic N) is 1. The van der Waals surface area contributed by atoms with Crippen molar-refractivity contribution in [3.05, 3.63) is 0 Å². The molecule has 1 heterocycles. The van der Waals surface area contributed by atoms with Crippen LogP contribution >= 0.6 is 0 Å². The number of carboxylic acids is 1. The first-order valence-corrected chi connectivity index (χ1v) is 7.06. The van der Waals surface area contributed by atoms with Crippen molar-refractivity contribution in [1.29, 1.82) is 0 Å². The molecule has 1 atom stereocenters. The molecule has 1 aliphatic rings. The van der Waals surface area contributed by atoms with E-state index in [-0.39, 0.29) is 31.3 Å². The van der Waals surface area contributed by atoms with Crippen LogP contribution in [0.2, 0.25) is 0 Å². The second-order valence-electron chi connectivity index (χ2n) is 4.94. The number of urea groups is 1. The molecule has 114 valence electrons. The molecule has 3 N–H and O–H groups in total. The number of nitrogens with one attached hydrogen (secondary N) is 2. The lowest BCUT2D eigenvalue weighted by atomic mass is 10.1. The monoisotopic (exact) mass is 285 g/mol. The quantitative estimate of drug-likeness (QED) is 0.636. The summed E-state index contributed by atoms with van der Waals surface area (Å²) in [5.41, 5.74) is 0. The third kappa shape index (κ3) is 5.90. The first kappa shape index (κ1) is 16.3. The highest BCUT2D eigenvalue weighted by atomic mass is 16.4. The number of hydrogen-bond donors (Lipinski definition) is 3. The van der Waals surface area contributed by atoms with Gasteiger partial charge in [0, 0.05) is 32.1 Å².